The number of likely N-dealkylation sites (tertiary alicyclic amines) is 1. The first-order valence-corrected chi connectivity index (χ1v) is 8.25. The zero-order valence-corrected chi connectivity index (χ0v) is 13.8. The summed E-state index contributed by atoms with van der Waals surface area (Å²) in [5.41, 5.74) is 6.94. The van der Waals surface area contributed by atoms with Crippen LogP contribution in [0.2, 0.25) is 0 Å². The zero-order valence-electron chi connectivity index (χ0n) is 13.8. The monoisotopic (exact) mass is 304 g/mol. The number of piperidine rings is 1. The van der Waals surface area contributed by atoms with Crippen LogP contribution in [0.4, 0.5) is 0 Å². The second kappa shape index (κ2) is 8.18. The highest BCUT2D eigenvalue weighted by atomic mass is 16.5. The SMILES string of the molecule is COc1ccc(CCC2CCN(C(=O)C(C)CN)CC2)cc1. The number of aryl methyl sites for hydroxylation is 1. The molecule has 4 nitrogen and oxygen atoms in total. The third-order valence-corrected chi connectivity index (χ3v) is 4.70. The normalized spacial score (nSPS) is 17.3. The summed E-state index contributed by atoms with van der Waals surface area (Å²) in [5.74, 6) is 1.80. The fourth-order valence-electron chi connectivity index (χ4n) is 3.02. The first-order valence-electron chi connectivity index (χ1n) is 8.25. The van der Waals surface area contributed by atoms with Crippen molar-refractivity contribution < 1.29 is 9.53 Å². The van der Waals surface area contributed by atoms with Crippen LogP contribution < -0.4 is 10.5 Å². The number of carbonyl (C=O) groups excluding carboxylic acids is 1. The molecule has 0 aromatic heterocycles. The summed E-state index contributed by atoms with van der Waals surface area (Å²) in [6, 6.07) is 8.32. The molecule has 2 N–H and O–H groups in total. The molecule has 1 fully saturated rings. The summed E-state index contributed by atoms with van der Waals surface area (Å²) >= 11 is 0. The lowest BCUT2D eigenvalue weighted by atomic mass is 9.90. The largest absolute Gasteiger partial charge is 0.497 e. The number of methoxy groups -OCH3 is 1. The molecule has 1 unspecified atom stereocenters. The van der Waals surface area contributed by atoms with Gasteiger partial charge in [-0.25, -0.2) is 0 Å². The average Bonchev–Trinajstić information content (AvgIpc) is 2.59. The second-order valence-corrected chi connectivity index (χ2v) is 6.29. The molecular weight excluding hydrogens is 276 g/mol. The molecule has 0 aliphatic carbocycles. The van der Waals surface area contributed by atoms with Crippen molar-refractivity contribution in [1.29, 1.82) is 0 Å². The van der Waals surface area contributed by atoms with E-state index < -0.39 is 0 Å². The van der Waals surface area contributed by atoms with Gasteiger partial charge in [-0.15, -0.1) is 0 Å². The van der Waals surface area contributed by atoms with Gasteiger partial charge in [0.05, 0.1) is 7.11 Å². The van der Waals surface area contributed by atoms with Gasteiger partial charge >= 0.3 is 0 Å². The first kappa shape index (κ1) is 16.8. The molecule has 1 aliphatic heterocycles. The molecule has 1 amide bonds. The average molecular weight is 304 g/mol. The number of nitrogens with two attached hydrogens (primary N) is 1. The molecule has 1 aliphatic rings. The highest BCUT2D eigenvalue weighted by Gasteiger charge is 2.25. The third kappa shape index (κ3) is 4.47. The van der Waals surface area contributed by atoms with Crippen molar-refractivity contribution >= 4 is 5.91 Å². The maximum atomic E-state index is 12.1. The van der Waals surface area contributed by atoms with Crippen molar-refractivity contribution in [3.63, 3.8) is 0 Å². The van der Waals surface area contributed by atoms with E-state index in [1.807, 2.05) is 24.0 Å². The number of rotatable bonds is 6. The third-order valence-electron chi connectivity index (χ3n) is 4.70. The molecule has 122 valence electrons. The molecular formula is C18H28N2O2. The van der Waals surface area contributed by atoms with E-state index in [0.29, 0.717) is 6.54 Å². The Morgan fingerprint density at radius 1 is 1.32 bits per heavy atom. The van der Waals surface area contributed by atoms with E-state index in [2.05, 4.69) is 12.1 Å². The fourth-order valence-corrected chi connectivity index (χ4v) is 3.02. The lowest BCUT2D eigenvalue weighted by Crippen LogP contribution is -2.42. The van der Waals surface area contributed by atoms with Crippen molar-refractivity contribution in [1.82, 2.24) is 4.90 Å². The number of amides is 1. The number of benzene rings is 1. The zero-order chi connectivity index (χ0) is 15.9. The van der Waals surface area contributed by atoms with Gasteiger partial charge in [0.15, 0.2) is 0 Å². The van der Waals surface area contributed by atoms with Gasteiger partial charge in [0.2, 0.25) is 5.91 Å². The summed E-state index contributed by atoms with van der Waals surface area (Å²) in [6.07, 6.45) is 4.51. The Labute approximate surface area is 133 Å². The van der Waals surface area contributed by atoms with Gasteiger partial charge in [-0.3, -0.25) is 4.79 Å². The number of ether oxygens (including phenoxy) is 1. The minimum absolute atomic E-state index is 0.0455. The van der Waals surface area contributed by atoms with Crippen molar-refractivity contribution in [3.8, 4) is 5.75 Å². The predicted octanol–water partition coefficient (Wildman–Crippen LogP) is 2.46. The Morgan fingerprint density at radius 2 is 1.95 bits per heavy atom. The van der Waals surface area contributed by atoms with Gasteiger partial charge in [-0.2, -0.15) is 0 Å². The molecule has 1 heterocycles. The second-order valence-electron chi connectivity index (χ2n) is 6.29. The summed E-state index contributed by atoms with van der Waals surface area (Å²) < 4.78 is 5.18. The Morgan fingerprint density at radius 3 is 2.50 bits per heavy atom. The molecule has 1 atom stereocenters. The number of hydrogen-bond donors (Lipinski definition) is 1. The number of carbonyl (C=O) groups is 1. The van der Waals surface area contributed by atoms with Crippen molar-refractivity contribution in [2.45, 2.75) is 32.6 Å². The van der Waals surface area contributed by atoms with Crippen LogP contribution in [-0.2, 0) is 11.2 Å². The van der Waals surface area contributed by atoms with E-state index in [1.54, 1.807) is 7.11 Å². The highest BCUT2D eigenvalue weighted by molar-refractivity contribution is 5.78. The summed E-state index contributed by atoms with van der Waals surface area (Å²) in [4.78, 5) is 14.1. The van der Waals surface area contributed by atoms with Crippen molar-refractivity contribution in [3.05, 3.63) is 29.8 Å². The molecule has 22 heavy (non-hydrogen) atoms. The van der Waals surface area contributed by atoms with E-state index in [4.69, 9.17) is 10.5 Å². The molecule has 2 rings (SSSR count). The number of hydrogen-bond acceptors (Lipinski definition) is 3. The van der Waals surface area contributed by atoms with Gasteiger partial charge in [0, 0.05) is 25.6 Å². The Kier molecular flexibility index (Phi) is 6.25. The molecule has 0 bridgehead atoms. The lowest BCUT2D eigenvalue weighted by molar-refractivity contribution is -0.136. The highest BCUT2D eigenvalue weighted by Crippen LogP contribution is 2.24. The van der Waals surface area contributed by atoms with Crippen molar-refractivity contribution in [2.24, 2.45) is 17.6 Å². The van der Waals surface area contributed by atoms with Gasteiger partial charge < -0.3 is 15.4 Å². The van der Waals surface area contributed by atoms with Gasteiger partial charge in [0.1, 0.15) is 5.75 Å². The van der Waals surface area contributed by atoms with Crippen LogP contribution in [-0.4, -0.2) is 37.6 Å². The molecule has 4 heteroatoms. The molecule has 1 aromatic carbocycles. The summed E-state index contributed by atoms with van der Waals surface area (Å²) in [6.45, 7) is 4.13. The molecule has 0 saturated carbocycles. The van der Waals surface area contributed by atoms with Crippen LogP contribution >= 0.6 is 0 Å². The quantitative estimate of drug-likeness (QED) is 0.878. The summed E-state index contributed by atoms with van der Waals surface area (Å²) in [7, 11) is 1.69. The standard InChI is InChI=1S/C18H28N2O2/c1-14(13-19)18(21)20-11-9-16(10-12-20)4-3-15-5-7-17(22-2)8-6-15/h5-8,14,16H,3-4,9-13,19H2,1-2H3. The van der Waals surface area contributed by atoms with Crippen molar-refractivity contribution in [2.75, 3.05) is 26.7 Å². The molecule has 0 spiro atoms. The van der Waals surface area contributed by atoms with Crippen LogP contribution in [0, 0.1) is 11.8 Å². The smallest absolute Gasteiger partial charge is 0.226 e. The van der Waals surface area contributed by atoms with Crippen LogP contribution in [0.5, 0.6) is 5.75 Å². The summed E-state index contributed by atoms with van der Waals surface area (Å²) in [5, 5.41) is 0. The maximum absolute atomic E-state index is 12.1. The van der Waals surface area contributed by atoms with Gasteiger partial charge in [-0.1, -0.05) is 19.1 Å². The lowest BCUT2D eigenvalue weighted by Gasteiger charge is -2.33. The predicted molar refractivity (Wildman–Crippen MR) is 88.8 cm³/mol. The van der Waals surface area contributed by atoms with E-state index >= 15 is 0 Å². The van der Waals surface area contributed by atoms with Gasteiger partial charge in [0.25, 0.3) is 0 Å². The van der Waals surface area contributed by atoms with E-state index in [1.165, 1.54) is 12.0 Å². The molecule has 1 aromatic rings. The van der Waals surface area contributed by atoms with Crippen LogP contribution in [0.3, 0.4) is 0 Å². The molecule has 1 saturated heterocycles. The minimum atomic E-state index is -0.0455. The first-order chi connectivity index (χ1) is 10.6. The van der Waals surface area contributed by atoms with Gasteiger partial charge in [-0.05, 0) is 49.3 Å². The van der Waals surface area contributed by atoms with E-state index in [9.17, 15) is 4.79 Å². The topological polar surface area (TPSA) is 55.6 Å². The maximum Gasteiger partial charge on any atom is 0.226 e. The Hall–Kier alpha value is -1.55. The minimum Gasteiger partial charge on any atom is -0.497 e. The van der Waals surface area contributed by atoms with E-state index in [-0.39, 0.29) is 11.8 Å². The van der Waals surface area contributed by atoms with E-state index in [0.717, 1.165) is 44.0 Å². The van der Waals surface area contributed by atoms with Crippen LogP contribution in [0.25, 0.3) is 0 Å². The Bertz CT molecular complexity index is 464. The number of nitrogens with zero attached hydrogens (tertiary/aromatic N) is 1. The van der Waals surface area contributed by atoms with Crippen LogP contribution in [0.1, 0.15) is 31.7 Å². The van der Waals surface area contributed by atoms with Crippen LogP contribution in [0.15, 0.2) is 24.3 Å². The Balaban J connectivity index is 1.74. The molecule has 0 radical (unpaired) electrons. The fraction of sp³-hybridized carbons (Fsp3) is 0.611.